The maximum absolute atomic E-state index is 11.1. The normalized spacial score (nSPS) is 10.4. The SMILES string of the molecule is CCOC(=O)Oc1cnc(N=CN(C)C)c(Br)c1. The predicted octanol–water partition coefficient (Wildman–Crippen LogP) is 2.60. The number of hydrogen-bond acceptors (Lipinski definition) is 5. The third-order valence-electron chi connectivity index (χ3n) is 1.67. The lowest BCUT2D eigenvalue weighted by Gasteiger charge is -2.06. The van der Waals surface area contributed by atoms with Gasteiger partial charge in [-0.1, -0.05) is 0 Å². The first-order chi connectivity index (χ1) is 8.52. The summed E-state index contributed by atoms with van der Waals surface area (Å²) >= 11 is 3.30. The van der Waals surface area contributed by atoms with Gasteiger partial charge in [-0.25, -0.2) is 14.8 Å². The standard InChI is InChI=1S/C11H14BrN3O3/c1-4-17-11(16)18-8-5-9(12)10(13-6-8)14-7-15(2)3/h5-7H,4H2,1-3H3. The topological polar surface area (TPSA) is 64.0 Å². The van der Waals surface area contributed by atoms with Gasteiger partial charge in [0, 0.05) is 20.2 Å². The van der Waals surface area contributed by atoms with E-state index >= 15 is 0 Å². The van der Waals surface area contributed by atoms with Gasteiger partial charge in [0.25, 0.3) is 0 Å². The summed E-state index contributed by atoms with van der Waals surface area (Å²) in [6, 6.07) is 1.60. The van der Waals surface area contributed by atoms with Crippen LogP contribution >= 0.6 is 15.9 Å². The number of nitrogens with zero attached hydrogens (tertiary/aromatic N) is 3. The molecule has 0 aliphatic heterocycles. The second kappa shape index (κ2) is 6.95. The van der Waals surface area contributed by atoms with Crippen LogP contribution in [0.15, 0.2) is 21.7 Å². The van der Waals surface area contributed by atoms with Crippen LogP contribution in [0.2, 0.25) is 0 Å². The molecular weight excluding hydrogens is 302 g/mol. The number of halogens is 1. The van der Waals surface area contributed by atoms with Crippen LogP contribution < -0.4 is 4.74 Å². The summed E-state index contributed by atoms with van der Waals surface area (Å²) in [5.41, 5.74) is 0. The van der Waals surface area contributed by atoms with E-state index in [1.54, 1.807) is 24.2 Å². The van der Waals surface area contributed by atoms with E-state index in [0.717, 1.165) is 0 Å². The first-order valence-electron chi connectivity index (χ1n) is 5.23. The number of carbonyl (C=O) groups is 1. The molecule has 0 aliphatic carbocycles. The summed E-state index contributed by atoms with van der Waals surface area (Å²) in [5.74, 6) is 0.795. The summed E-state index contributed by atoms with van der Waals surface area (Å²) in [5, 5.41) is 0. The molecular formula is C11H14BrN3O3. The Morgan fingerprint density at radius 3 is 2.89 bits per heavy atom. The maximum Gasteiger partial charge on any atom is 0.513 e. The number of carbonyl (C=O) groups excluding carboxylic acids is 1. The van der Waals surface area contributed by atoms with Crippen molar-refractivity contribution in [3.63, 3.8) is 0 Å². The summed E-state index contributed by atoms with van der Waals surface area (Å²) in [6.07, 6.45) is 2.28. The van der Waals surface area contributed by atoms with Gasteiger partial charge in [-0.15, -0.1) is 0 Å². The van der Waals surface area contributed by atoms with E-state index in [2.05, 4.69) is 30.6 Å². The summed E-state index contributed by atoms with van der Waals surface area (Å²) in [4.78, 5) is 21.1. The van der Waals surface area contributed by atoms with Crippen molar-refractivity contribution in [3.8, 4) is 5.75 Å². The fourth-order valence-electron chi connectivity index (χ4n) is 0.978. The highest BCUT2D eigenvalue weighted by molar-refractivity contribution is 9.10. The first-order valence-corrected chi connectivity index (χ1v) is 6.03. The van der Waals surface area contributed by atoms with Gasteiger partial charge in [0.1, 0.15) is 0 Å². The van der Waals surface area contributed by atoms with Gasteiger partial charge in [-0.2, -0.15) is 0 Å². The Bertz CT molecular complexity index is 449. The quantitative estimate of drug-likeness (QED) is 0.485. The lowest BCUT2D eigenvalue weighted by molar-refractivity contribution is 0.104. The van der Waals surface area contributed by atoms with Crippen LogP contribution in [0.3, 0.4) is 0 Å². The maximum atomic E-state index is 11.1. The van der Waals surface area contributed by atoms with Gasteiger partial charge in [0.2, 0.25) is 0 Å². The second-order valence-corrected chi connectivity index (χ2v) is 4.32. The van der Waals surface area contributed by atoms with Crippen molar-refractivity contribution < 1.29 is 14.3 Å². The molecule has 0 saturated carbocycles. The van der Waals surface area contributed by atoms with Gasteiger partial charge in [0.15, 0.2) is 11.6 Å². The number of rotatable bonds is 4. The summed E-state index contributed by atoms with van der Waals surface area (Å²) in [6.45, 7) is 1.97. The van der Waals surface area contributed by atoms with E-state index in [1.165, 1.54) is 6.20 Å². The van der Waals surface area contributed by atoms with Gasteiger partial charge in [0.05, 0.1) is 23.6 Å². The van der Waals surface area contributed by atoms with Crippen molar-refractivity contribution in [1.82, 2.24) is 9.88 Å². The molecule has 1 aromatic rings. The lowest BCUT2D eigenvalue weighted by atomic mass is 10.4. The van der Waals surface area contributed by atoms with Crippen LogP contribution in [-0.2, 0) is 4.74 Å². The zero-order chi connectivity index (χ0) is 13.5. The molecule has 1 heterocycles. The Balaban J connectivity index is 2.76. The highest BCUT2D eigenvalue weighted by atomic mass is 79.9. The number of hydrogen-bond donors (Lipinski definition) is 0. The van der Waals surface area contributed by atoms with Crippen LogP contribution in [0.5, 0.6) is 5.75 Å². The van der Waals surface area contributed by atoms with Gasteiger partial charge < -0.3 is 14.4 Å². The fraction of sp³-hybridized carbons (Fsp3) is 0.364. The van der Waals surface area contributed by atoms with Crippen molar-refractivity contribution in [3.05, 3.63) is 16.7 Å². The minimum atomic E-state index is -0.754. The molecule has 0 unspecified atom stereocenters. The molecule has 0 aromatic carbocycles. The minimum Gasteiger partial charge on any atom is -0.434 e. The Kier molecular flexibility index (Phi) is 5.57. The smallest absolute Gasteiger partial charge is 0.434 e. The van der Waals surface area contributed by atoms with Crippen molar-refractivity contribution >= 4 is 34.2 Å². The highest BCUT2D eigenvalue weighted by Gasteiger charge is 2.08. The van der Waals surface area contributed by atoms with Crippen LogP contribution in [0.4, 0.5) is 10.6 Å². The average molecular weight is 316 g/mol. The Hall–Kier alpha value is -1.63. The molecule has 0 N–H and O–H groups in total. The molecule has 0 fully saturated rings. The summed E-state index contributed by atoms with van der Waals surface area (Å²) < 4.78 is 10.2. The van der Waals surface area contributed by atoms with Gasteiger partial charge >= 0.3 is 6.16 Å². The third-order valence-corrected chi connectivity index (χ3v) is 2.25. The van der Waals surface area contributed by atoms with Gasteiger partial charge in [-0.3, -0.25) is 0 Å². The van der Waals surface area contributed by atoms with E-state index < -0.39 is 6.16 Å². The monoisotopic (exact) mass is 315 g/mol. The zero-order valence-corrected chi connectivity index (χ0v) is 12.0. The van der Waals surface area contributed by atoms with Crippen LogP contribution in [0.1, 0.15) is 6.92 Å². The van der Waals surface area contributed by atoms with Crippen LogP contribution in [0, 0.1) is 0 Å². The molecule has 1 rings (SSSR count). The molecule has 6 nitrogen and oxygen atoms in total. The van der Waals surface area contributed by atoms with E-state index in [9.17, 15) is 4.79 Å². The Morgan fingerprint density at radius 1 is 1.61 bits per heavy atom. The molecule has 1 aromatic heterocycles. The number of ether oxygens (including phenoxy) is 2. The molecule has 0 atom stereocenters. The molecule has 0 radical (unpaired) electrons. The predicted molar refractivity (Wildman–Crippen MR) is 71.4 cm³/mol. The van der Waals surface area contributed by atoms with Crippen molar-refractivity contribution in [2.24, 2.45) is 4.99 Å². The Labute approximate surface area is 114 Å². The zero-order valence-electron chi connectivity index (χ0n) is 10.4. The second-order valence-electron chi connectivity index (χ2n) is 3.47. The minimum absolute atomic E-state index is 0.263. The first kappa shape index (κ1) is 14.4. The molecule has 0 aliphatic rings. The van der Waals surface area contributed by atoms with E-state index in [1.807, 2.05) is 14.1 Å². The number of aliphatic imine (C=N–C) groups is 1. The number of aromatic nitrogens is 1. The molecule has 0 amide bonds. The molecule has 7 heteroatoms. The molecule has 0 bridgehead atoms. The van der Waals surface area contributed by atoms with Gasteiger partial charge in [-0.05, 0) is 22.9 Å². The van der Waals surface area contributed by atoms with Crippen LogP contribution in [-0.4, -0.2) is 43.1 Å². The summed E-state index contributed by atoms with van der Waals surface area (Å²) in [7, 11) is 3.71. The average Bonchev–Trinajstić information content (AvgIpc) is 2.28. The molecule has 0 spiro atoms. The lowest BCUT2D eigenvalue weighted by Crippen LogP contribution is -2.10. The third kappa shape index (κ3) is 4.70. The molecule has 98 valence electrons. The van der Waals surface area contributed by atoms with Crippen LogP contribution in [0.25, 0.3) is 0 Å². The van der Waals surface area contributed by atoms with Crippen molar-refractivity contribution in [1.29, 1.82) is 0 Å². The van der Waals surface area contributed by atoms with Crippen molar-refractivity contribution in [2.75, 3.05) is 20.7 Å². The van der Waals surface area contributed by atoms with E-state index in [4.69, 9.17) is 4.74 Å². The Morgan fingerprint density at radius 2 is 2.33 bits per heavy atom. The number of pyridine rings is 1. The largest absolute Gasteiger partial charge is 0.513 e. The molecule has 18 heavy (non-hydrogen) atoms. The molecule has 0 saturated heterocycles. The van der Waals surface area contributed by atoms with E-state index in [0.29, 0.717) is 16.0 Å². The highest BCUT2D eigenvalue weighted by Crippen LogP contribution is 2.26. The van der Waals surface area contributed by atoms with E-state index in [-0.39, 0.29) is 6.61 Å². The fourth-order valence-corrected chi connectivity index (χ4v) is 1.41. The van der Waals surface area contributed by atoms with Crippen molar-refractivity contribution in [2.45, 2.75) is 6.92 Å².